The summed E-state index contributed by atoms with van der Waals surface area (Å²) >= 11 is 0. The fourth-order valence-electron chi connectivity index (χ4n) is 4.65. The van der Waals surface area contributed by atoms with Crippen molar-refractivity contribution < 1.29 is 22.7 Å². The third-order valence-electron chi connectivity index (χ3n) is 6.88. The molecular formula is C29H34N2O5S. The Bertz CT molecular complexity index is 1310. The van der Waals surface area contributed by atoms with Gasteiger partial charge in [-0.05, 0) is 48.7 Å². The highest BCUT2D eigenvalue weighted by Crippen LogP contribution is 2.42. The molecule has 8 heteroatoms. The number of hydrogen-bond acceptors (Lipinski definition) is 5. The van der Waals surface area contributed by atoms with Gasteiger partial charge < -0.3 is 14.8 Å². The van der Waals surface area contributed by atoms with Crippen molar-refractivity contribution in [2.75, 3.05) is 17.1 Å². The minimum absolute atomic E-state index is 0.271. The molecule has 1 aliphatic heterocycles. The van der Waals surface area contributed by atoms with Crippen molar-refractivity contribution in [1.82, 2.24) is 5.32 Å². The van der Waals surface area contributed by atoms with Crippen LogP contribution in [0.5, 0.6) is 11.5 Å². The molecule has 1 N–H and O–H groups in total. The van der Waals surface area contributed by atoms with Crippen molar-refractivity contribution >= 4 is 21.6 Å². The van der Waals surface area contributed by atoms with Crippen LogP contribution in [0.15, 0.2) is 78.9 Å². The first kappa shape index (κ1) is 26.5. The molecule has 0 radical (unpaired) electrons. The Balaban J connectivity index is 1.47. The van der Waals surface area contributed by atoms with Crippen molar-refractivity contribution in [3.05, 3.63) is 90.0 Å². The Morgan fingerprint density at radius 1 is 1.00 bits per heavy atom. The molecule has 7 nitrogen and oxygen atoms in total. The first-order valence-electron chi connectivity index (χ1n) is 12.5. The van der Waals surface area contributed by atoms with E-state index in [9.17, 15) is 13.2 Å². The summed E-state index contributed by atoms with van der Waals surface area (Å²) < 4.78 is 38.5. The Morgan fingerprint density at radius 2 is 1.65 bits per heavy atom. The molecule has 1 aliphatic rings. The SMILES string of the molecule is CCC1(CC)C[C@H](NC(=O)CN(c2ccc(OCc3ccccc3)cc2)S(C)(=O)=O)c2ccccc2O1. The molecule has 37 heavy (non-hydrogen) atoms. The Kier molecular flexibility index (Phi) is 8.07. The third kappa shape index (κ3) is 6.43. The quantitative estimate of drug-likeness (QED) is 0.394. The maximum atomic E-state index is 13.2. The number of nitrogens with zero attached hydrogens (tertiary/aromatic N) is 1. The zero-order valence-corrected chi connectivity index (χ0v) is 22.3. The number of para-hydroxylation sites is 1. The standard InChI is InChI=1S/C29H34N2O5S/c1-4-29(5-2)19-26(25-13-9-10-14-27(25)36-29)30-28(32)20-31(37(3,33)34)23-15-17-24(18-16-23)35-21-22-11-7-6-8-12-22/h6-18,26H,4-5,19-21H2,1-3H3,(H,30,32)/t26-/m0/s1. The molecule has 3 aromatic rings. The van der Waals surface area contributed by atoms with Gasteiger partial charge >= 0.3 is 0 Å². The van der Waals surface area contributed by atoms with Gasteiger partial charge in [0.25, 0.3) is 0 Å². The summed E-state index contributed by atoms with van der Waals surface area (Å²) in [6.07, 6.45) is 3.33. The number of ether oxygens (including phenoxy) is 2. The minimum atomic E-state index is -3.71. The molecule has 1 heterocycles. The topological polar surface area (TPSA) is 84.9 Å². The van der Waals surface area contributed by atoms with E-state index in [0.717, 1.165) is 40.3 Å². The number of amides is 1. The second kappa shape index (κ2) is 11.3. The predicted molar refractivity (Wildman–Crippen MR) is 145 cm³/mol. The van der Waals surface area contributed by atoms with E-state index >= 15 is 0 Å². The number of nitrogens with one attached hydrogen (secondary N) is 1. The van der Waals surface area contributed by atoms with E-state index < -0.39 is 10.0 Å². The molecule has 4 rings (SSSR count). The van der Waals surface area contributed by atoms with E-state index in [0.29, 0.717) is 24.5 Å². The highest BCUT2D eigenvalue weighted by molar-refractivity contribution is 7.92. The second-order valence-corrected chi connectivity index (χ2v) is 11.3. The highest BCUT2D eigenvalue weighted by Gasteiger charge is 2.39. The van der Waals surface area contributed by atoms with Gasteiger partial charge in [-0.25, -0.2) is 8.42 Å². The van der Waals surface area contributed by atoms with Crippen LogP contribution in [0.2, 0.25) is 0 Å². The van der Waals surface area contributed by atoms with Crippen molar-refractivity contribution in [1.29, 1.82) is 0 Å². The average Bonchev–Trinajstić information content (AvgIpc) is 2.91. The summed E-state index contributed by atoms with van der Waals surface area (Å²) in [7, 11) is -3.71. The van der Waals surface area contributed by atoms with Crippen LogP contribution in [0.3, 0.4) is 0 Å². The summed E-state index contributed by atoms with van der Waals surface area (Å²) in [5.41, 5.74) is 1.96. The molecule has 0 bridgehead atoms. The molecule has 0 fully saturated rings. The lowest BCUT2D eigenvalue weighted by Gasteiger charge is -2.41. The molecular weight excluding hydrogens is 488 g/mol. The fraction of sp³-hybridized carbons (Fsp3) is 0.345. The number of anilines is 1. The van der Waals surface area contributed by atoms with Gasteiger partial charge in [0.15, 0.2) is 0 Å². The summed E-state index contributed by atoms with van der Waals surface area (Å²) in [6, 6.07) is 23.9. The number of carbonyl (C=O) groups is 1. The Hall–Kier alpha value is -3.52. The summed E-state index contributed by atoms with van der Waals surface area (Å²) in [4.78, 5) is 13.2. The molecule has 0 unspecified atom stereocenters. The minimum Gasteiger partial charge on any atom is -0.489 e. The largest absolute Gasteiger partial charge is 0.489 e. The zero-order valence-electron chi connectivity index (χ0n) is 21.5. The smallest absolute Gasteiger partial charge is 0.241 e. The zero-order chi connectivity index (χ0) is 26.5. The maximum Gasteiger partial charge on any atom is 0.241 e. The van der Waals surface area contributed by atoms with Crippen molar-refractivity contribution in [2.24, 2.45) is 0 Å². The lowest BCUT2D eigenvalue weighted by Crippen LogP contribution is -2.47. The highest BCUT2D eigenvalue weighted by atomic mass is 32.2. The molecule has 1 atom stereocenters. The first-order chi connectivity index (χ1) is 17.7. The van der Waals surface area contributed by atoms with E-state index in [1.165, 1.54) is 0 Å². The lowest BCUT2D eigenvalue weighted by molar-refractivity contribution is -0.121. The van der Waals surface area contributed by atoms with E-state index in [1.807, 2.05) is 54.6 Å². The summed E-state index contributed by atoms with van der Waals surface area (Å²) in [5.74, 6) is 0.992. The van der Waals surface area contributed by atoms with E-state index in [-0.39, 0.29) is 24.1 Å². The molecule has 1 amide bonds. The van der Waals surface area contributed by atoms with Gasteiger partial charge in [-0.1, -0.05) is 62.4 Å². The van der Waals surface area contributed by atoms with Crippen LogP contribution in [0.1, 0.15) is 50.3 Å². The Labute approximate surface area is 219 Å². The molecule has 3 aromatic carbocycles. The molecule has 196 valence electrons. The van der Waals surface area contributed by atoms with Crippen molar-refractivity contribution in [3.8, 4) is 11.5 Å². The van der Waals surface area contributed by atoms with Gasteiger partial charge in [-0.15, -0.1) is 0 Å². The van der Waals surface area contributed by atoms with Crippen molar-refractivity contribution in [3.63, 3.8) is 0 Å². The van der Waals surface area contributed by atoms with Crippen molar-refractivity contribution in [2.45, 2.75) is 51.4 Å². The van der Waals surface area contributed by atoms with E-state index in [2.05, 4.69) is 19.2 Å². The second-order valence-electron chi connectivity index (χ2n) is 9.39. The number of sulfonamides is 1. The van der Waals surface area contributed by atoms with Gasteiger partial charge in [0.1, 0.15) is 30.3 Å². The van der Waals surface area contributed by atoms with Gasteiger partial charge in [0, 0.05) is 12.0 Å². The molecule has 0 aromatic heterocycles. The first-order valence-corrected chi connectivity index (χ1v) is 14.4. The van der Waals surface area contributed by atoms with Gasteiger partial charge in [0.05, 0.1) is 18.0 Å². The predicted octanol–water partition coefficient (Wildman–Crippen LogP) is 5.23. The van der Waals surface area contributed by atoms with Crippen LogP contribution >= 0.6 is 0 Å². The molecule has 0 saturated heterocycles. The van der Waals surface area contributed by atoms with Crippen LogP contribution in [-0.4, -0.2) is 32.7 Å². The summed E-state index contributed by atoms with van der Waals surface area (Å²) in [5, 5.41) is 3.07. The number of rotatable bonds is 10. The van der Waals surface area contributed by atoms with Crippen LogP contribution in [0, 0.1) is 0 Å². The van der Waals surface area contributed by atoms with E-state index in [4.69, 9.17) is 9.47 Å². The average molecular weight is 523 g/mol. The van der Waals surface area contributed by atoms with Gasteiger partial charge in [0.2, 0.25) is 15.9 Å². The molecule has 0 aliphatic carbocycles. The van der Waals surface area contributed by atoms with Gasteiger partial charge in [-0.2, -0.15) is 0 Å². The van der Waals surface area contributed by atoms with Crippen LogP contribution in [-0.2, 0) is 21.4 Å². The number of hydrogen-bond donors (Lipinski definition) is 1. The summed E-state index contributed by atoms with van der Waals surface area (Å²) in [6.45, 7) is 4.24. The van der Waals surface area contributed by atoms with Gasteiger partial charge in [-0.3, -0.25) is 9.10 Å². The maximum absolute atomic E-state index is 13.2. The lowest BCUT2D eigenvalue weighted by atomic mass is 9.83. The van der Waals surface area contributed by atoms with Crippen LogP contribution in [0.25, 0.3) is 0 Å². The number of fused-ring (bicyclic) bond motifs is 1. The normalized spacial score (nSPS) is 16.2. The monoisotopic (exact) mass is 522 g/mol. The Morgan fingerprint density at radius 3 is 2.30 bits per heavy atom. The third-order valence-corrected chi connectivity index (χ3v) is 8.02. The fourth-order valence-corrected chi connectivity index (χ4v) is 5.51. The van der Waals surface area contributed by atoms with Crippen LogP contribution < -0.4 is 19.1 Å². The van der Waals surface area contributed by atoms with E-state index in [1.54, 1.807) is 24.3 Å². The number of benzene rings is 3. The number of carbonyl (C=O) groups excluding carboxylic acids is 1. The van der Waals surface area contributed by atoms with Crippen LogP contribution in [0.4, 0.5) is 5.69 Å². The molecule has 0 saturated carbocycles. The molecule has 0 spiro atoms.